The first-order valence-corrected chi connectivity index (χ1v) is 16.9. The van der Waals surface area contributed by atoms with E-state index in [-0.39, 0.29) is 49.8 Å². The molecule has 9 atom stereocenters. The van der Waals surface area contributed by atoms with E-state index < -0.39 is 52.5 Å². The molecule has 1 N–H and O–H groups in total. The highest BCUT2D eigenvalue weighted by Gasteiger charge is 2.53. The van der Waals surface area contributed by atoms with Gasteiger partial charge in [-0.1, -0.05) is 84.0 Å². The van der Waals surface area contributed by atoms with Crippen molar-refractivity contribution < 1.29 is 38.5 Å². The number of aliphatic hydroxyl groups is 1. The molecular formula is C37H56N2O8. The number of carbonyl (C=O) groups excluding carboxylic acids is 3. The van der Waals surface area contributed by atoms with E-state index in [0.29, 0.717) is 17.8 Å². The zero-order valence-corrected chi connectivity index (χ0v) is 30.2. The molecule has 0 radical (unpaired) electrons. The number of esters is 1. The largest absolute Gasteiger partial charge is 0.459 e. The summed E-state index contributed by atoms with van der Waals surface area (Å²) in [4.78, 5) is 50.5. The average molecular weight is 657 g/mol. The zero-order valence-electron chi connectivity index (χ0n) is 30.2. The number of oxime groups is 1. The molecule has 1 aromatic carbocycles. The molecule has 0 spiro atoms. The Morgan fingerprint density at radius 2 is 1.68 bits per heavy atom. The molecule has 1 aromatic rings. The van der Waals surface area contributed by atoms with E-state index in [1.54, 1.807) is 20.8 Å². The third-order valence-electron chi connectivity index (χ3n) is 9.87. The summed E-state index contributed by atoms with van der Waals surface area (Å²) in [5, 5.41) is 16.7. The molecule has 1 amide bonds. The monoisotopic (exact) mass is 656 g/mol. The van der Waals surface area contributed by atoms with Crippen LogP contribution in [0.25, 0.3) is 0 Å². The van der Waals surface area contributed by atoms with Crippen molar-refractivity contribution in [2.45, 2.75) is 119 Å². The minimum atomic E-state index is -1.75. The molecule has 262 valence electrons. The Bertz CT molecular complexity index is 1320. The first-order chi connectivity index (χ1) is 21.8. The Balaban J connectivity index is 2.31. The fourth-order valence-corrected chi connectivity index (χ4v) is 8.02. The third kappa shape index (κ3) is 9.15. The van der Waals surface area contributed by atoms with Crippen molar-refractivity contribution in [3.8, 4) is 0 Å². The van der Waals surface area contributed by atoms with Crippen LogP contribution in [-0.4, -0.2) is 70.8 Å². The van der Waals surface area contributed by atoms with Crippen molar-refractivity contribution in [2.75, 3.05) is 13.2 Å². The van der Waals surface area contributed by atoms with Crippen LogP contribution in [-0.2, 0) is 40.0 Å². The van der Waals surface area contributed by atoms with E-state index in [9.17, 15) is 19.5 Å². The van der Waals surface area contributed by atoms with Gasteiger partial charge in [0.05, 0.1) is 24.9 Å². The van der Waals surface area contributed by atoms with Crippen LogP contribution in [0.5, 0.6) is 0 Å². The van der Waals surface area contributed by atoms with E-state index in [4.69, 9.17) is 19.0 Å². The maximum atomic E-state index is 14.1. The molecule has 47 heavy (non-hydrogen) atoms. The molecule has 2 aliphatic heterocycles. The van der Waals surface area contributed by atoms with Gasteiger partial charge in [0, 0.05) is 30.4 Å². The lowest BCUT2D eigenvalue weighted by Gasteiger charge is -2.49. The standard InChI is InChI=1S/C37H56N2O8/c1-12-29-37(11,43)33-23(3)30(38-26(6)40)22(2)18-36(10,32(35(7,8)9)24(4)31(41)25(5)34(42)47-29)45-21-28(20-44-33)39-46-19-27-16-14-13-15-17-27/h13-17,22-25,29,32-33,43H,12,18-21H2,1-11H3/b38-30?,39-28-. The summed E-state index contributed by atoms with van der Waals surface area (Å²) in [6.07, 6.45) is -1.37. The minimum Gasteiger partial charge on any atom is -0.459 e. The molecule has 9 unspecified atom stereocenters. The number of aliphatic imine (C=N–C) groups is 1. The van der Waals surface area contributed by atoms with Gasteiger partial charge in [-0.2, -0.15) is 0 Å². The molecule has 3 rings (SSSR count). The van der Waals surface area contributed by atoms with E-state index in [0.717, 1.165) is 5.56 Å². The smallest absolute Gasteiger partial charge is 0.316 e. The van der Waals surface area contributed by atoms with Gasteiger partial charge in [0.1, 0.15) is 35.7 Å². The summed E-state index contributed by atoms with van der Waals surface area (Å²) in [5.41, 5.74) is -1.25. The van der Waals surface area contributed by atoms with Gasteiger partial charge in [-0.05, 0) is 50.5 Å². The molecule has 2 fully saturated rings. The number of carbonyl (C=O) groups is 3. The number of hydrogen-bond donors (Lipinski definition) is 1. The Kier molecular flexibility index (Phi) is 12.7. The first-order valence-electron chi connectivity index (χ1n) is 16.9. The van der Waals surface area contributed by atoms with Crippen molar-refractivity contribution in [1.29, 1.82) is 0 Å². The second kappa shape index (κ2) is 15.5. The molecule has 0 aliphatic carbocycles. The van der Waals surface area contributed by atoms with Crippen molar-refractivity contribution in [3.63, 3.8) is 0 Å². The second-order valence-corrected chi connectivity index (χ2v) is 15.0. The number of cyclic esters (lactones) is 1. The molecule has 10 nitrogen and oxygen atoms in total. The van der Waals surface area contributed by atoms with Crippen molar-refractivity contribution >= 4 is 29.1 Å². The number of Topliss-reactive ketones (excluding diaryl/α,β-unsaturated/α-hetero) is 1. The predicted octanol–water partition coefficient (Wildman–Crippen LogP) is 5.97. The number of hydrogen-bond acceptors (Lipinski definition) is 9. The Labute approximate surface area is 280 Å². The van der Waals surface area contributed by atoms with E-state index in [1.807, 2.05) is 58.0 Å². The number of ether oxygens (including phenoxy) is 3. The molecule has 2 aliphatic rings. The highest BCUT2D eigenvalue weighted by molar-refractivity contribution is 6.00. The normalized spacial score (nSPS) is 36.6. The predicted molar refractivity (Wildman–Crippen MR) is 181 cm³/mol. The van der Waals surface area contributed by atoms with Crippen LogP contribution >= 0.6 is 0 Å². The molecule has 0 aromatic heterocycles. The molecule has 0 saturated carbocycles. The number of amides is 1. The van der Waals surface area contributed by atoms with Crippen molar-refractivity contribution in [1.82, 2.24) is 0 Å². The van der Waals surface area contributed by atoms with Crippen LogP contribution in [0.2, 0.25) is 0 Å². The summed E-state index contributed by atoms with van der Waals surface area (Å²) in [6, 6.07) is 9.65. The van der Waals surface area contributed by atoms with Crippen LogP contribution in [0.3, 0.4) is 0 Å². The van der Waals surface area contributed by atoms with Gasteiger partial charge in [0.25, 0.3) is 0 Å². The van der Waals surface area contributed by atoms with E-state index in [1.165, 1.54) is 6.92 Å². The Morgan fingerprint density at radius 1 is 1.04 bits per heavy atom. The Morgan fingerprint density at radius 3 is 2.26 bits per heavy atom. The fourth-order valence-electron chi connectivity index (χ4n) is 8.02. The summed E-state index contributed by atoms with van der Waals surface area (Å²) in [7, 11) is 0. The van der Waals surface area contributed by atoms with Crippen molar-refractivity contribution in [2.24, 2.45) is 45.2 Å². The van der Waals surface area contributed by atoms with Gasteiger partial charge in [0.15, 0.2) is 0 Å². The number of benzene rings is 1. The van der Waals surface area contributed by atoms with Gasteiger partial charge in [0.2, 0.25) is 5.91 Å². The van der Waals surface area contributed by atoms with Crippen LogP contribution in [0, 0.1) is 35.0 Å². The molecule has 2 saturated heterocycles. The van der Waals surface area contributed by atoms with Gasteiger partial charge in [-0.25, -0.2) is 4.99 Å². The summed E-state index contributed by atoms with van der Waals surface area (Å²) >= 11 is 0. The highest BCUT2D eigenvalue weighted by Crippen LogP contribution is 2.47. The van der Waals surface area contributed by atoms with Gasteiger partial charge < -0.3 is 24.2 Å². The van der Waals surface area contributed by atoms with Crippen LogP contribution in [0.1, 0.15) is 94.6 Å². The number of rotatable bonds is 4. The lowest BCUT2D eigenvalue weighted by Crippen LogP contribution is -2.58. The molecule has 10 heteroatoms. The van der Waals surface area contributed by atoms with Gasteiger partial charge >= 0.3 is 5.97 Å². The van der Waals surface area contributed by atoms with E-state index >= 15 is 0 Å². The van der Waals surface area contributed by atoms with Crippen LogP contribution in [0.4, 0.5) is 0 Å². The number of fused-ring (bicyclic) bond motifs is 5. The minimum absolute atomic E-state index is 0.0239. The first kappa shape index (κ1) is 38.5. The van der Waals surface area contributed by atoms with Crippen LogP contribution in [0.15, 0.2) is 40.5 Å². The fraction of sp³-hybridized carbons (Fsp3) is 0.703. The summed E-state index contributed by atoms with van der Waals surface area (Å²) < 4.78 is 19.3. The zero-order chi connectivity index (χ0) is 35.3. The second-order valence-electron chi connectivity index (χ2n) is 15.0. The summed E-state index contributed by atoms with van der Waals surface area (Å²) in [5.74, 6) is -4.32. The summed E-state index contributed by atoms with van der Waals surface area (Å²) in [6.45, 7) is 20.4. The molecule has 2 heterocycles. The number of nitrogens with zero attached hydrogens (tertiary/aromatic N) is 2. The highest BCUT2D eigenvalue weighted by atomic mass is 16.6. The Hall–Kier alpha value is -2.95. The van der Waals surface area contributed by atoms with Gasteiger partial charge in [-0.3, -0.25) is 14.4 Å². The lowest BCUT2D eigenvalue weighted by atomic mass is 9.61. The topological polar surface area (TPSA) is 133 Å². The molecule has 2 bridgehead atoms. The SMILES string of the molecule is CCC1OC(=O)C(C)C(=O)C(C)C(C(C)(C)C)C2(C)CC(C)C(=NC(C)=O)C(C)C(OC/C(=N/OCc3ccccc3)CO2)C1(C)O. The van der Waals surface area contributed by atoms with E-state index in [2.05, 4.69) is 30.9 Å². The maximum absolute atomic E-state index is 14.1. The third-order valence-corrected chi connectivity index (χ3v) is 9.87. The lowest BCUT2D eigenvalue weighted by molar-refractivity contribution is -0.192. The maximum Gasteiger partial charge on any atom is 0.316 e. The van der Waals surface area contributed by atoms with Gasteiger partial charge in [-0.15, -0.1) is 0 Å². The number of ketones is 1. The quantitative estimate of drug-likeness (QED) is 0.238. The van der Waals surface area contributed by atoms with Crippen LogP contribution < -0.4 is 0 Å². The van der Waals surface area contributed by atoms with Crippen molar-refractivity contribution in [3.05, 3.63) is 35.9 Å². The molecular weight excluding hydrogens is 600 g/mol. The average Bonchev–Trinajstić information content (AvgIpc) is 3.00.